The molecule has 68 valence electrons. The van der Waals surface area contributed by atoms with Gasteiger partial charge in [-0.2, -0.15) is 0 Å². The molecule has 0 aromatic carbocycles. The molecule has 2 rings (SSSR count). The monoisotopic (exact) mass is 183 g/mol. The first-order chi connectivity index (χ1) is 5.83. The van der Waals surface area contributed by atoms with Gasteiger partial charge in [0, 0.05) is 6.04 Å². The second-order valence-electron chi connectivity index (χ2n) is 3.17. The van der Waals surface area contributed by atoms with Gasteiger partial charge in [0.25, 0.3) is 0 Å². The summed E-state index contributed by atoms with van der Waals surface area (Å²) in [6.45, 7) is 0. The molecule has 0 amide bonds. The summed E-state index contributed by atoms with van der Waals surface area (Å²) < 4.78 is 0. The van der Waals surface area contributed by atoms with Crippen LogP contribution in [0, 0.1) is 0 Å². The summed E-state index contributed by atoms with van der Waals surface area (Å²) in [5, 5.41) is 3.14. The molecule has 2 aliphatic carbocycles. The van der Waals surface area contributed by atoms with Gasteiger partial charge in [-0.1, -0.05) is 18.2 Å². The first kappa shape index (κ1) is 9.87. The SMILES string of the molecule is CNC1CC1.SC1=CCCC=C1. The molecule has 0 bridgehead atoms. The first-order valence-corrected chi connectivity index (χ1v) is 5.00. The van der Waals surface area contributed by atoms with E-state index in [1.165, 1.54) is 19.3 Å². The Morgan fingerprint density at radius 2 is 2.17 bits per heavy atom. The van der Waals surface area contributed by atoms with Gasteiger partial charge < -0.3 is 5.32 Å². The Labute approximate surface area is 80.3 Å². The fourth-order valence-corrected chi connectivity index (χ4v) is 1.21. The fraction of sp³-hybridized carbons (Fsp3) is 0.600. The second kappa shape index (κ2) is 5.44. The van der Waals surface area contributed by atoms with E-state index in [2.05, 4.69) is 30.1 Å². The average Bonchev–Trinajstić information content (AvgIpc) is 2.89. The van der Waals surface area contributed by atoms with Crippen molar-refractivity contribution in [3.05, 3.63) is 23.1 Å². The van der Waals surface area contributed by atoms with E-state index in [0.29, 0.717) is 0 Å². The summed E-state index contributed by atoms with van der Waals surface area (Å²) in [6, 6.07) is 0.884. The lowest BCUT2D eigenvalue weighted by molar-refractivity contribution is 0.811. The third kappa shape index (κ3) is 4.62. The number of thiol groups is 1. The summed E-state index contributed by atoms with van der Waals surface area (Å²) >= 11 is 4.14. The minimum absolute atomic E-state index is 0.884. The molecule has 0 unspecified atom stereocenters. The summed E-state index contributed by atoms with van der Waals surface area (Å²) in [5.41, 5.74) is 0. The highest BCUT2D eigenvalue weighted by Gasteiger charge is 2.17. The number of rotatable bonds is 1. The van der Waals surface area contributed by atoms with Crippen molar-refractivity contribution in [2.45, 2.75) is 31.7 Å². The zero-order valence-electron chi connectivity index (χ0n) is 7.59. The standard InChI is InChI=1S/C6H8S.C4H9N/c7-6-4-2-1-3-5-6;1-5-4-2-3-4/h2,4-5,7H,1,3H2;4-5H,2-3H2,1H3. The van der Waals surface area contributed by atoms with Crippen molar-refractivity contribution in [2.75, 3.05) is 7.05 Å². The largest absolute Gasteiger partial charge is 0.317 e. The van der Waals surface area contributed by atoms with Crippen LogP contribution in [-0.2, 0) is 0 Å². The normalized spacial score (nSPS) is 21.0. The minimum Gasteiger partial charge on any atom is -0.317 e. The van der Waals surface area contributed by atoms with Crippen LogP contribution in [0.5, 0.6) is 0 Å². The predicted octanol–water partition coefficient (Wildman–Crippen LogP) is 2.52. The molecule has 1 fully saturated rings. The van der Waals surface area contributed by atoms with Gasteiger partial charge in [-0.25, -0.2) is 0 Å². The Morgan fingerprint density at radius 3 is 2.33 bits per heavy atom. The quantitative estimate of drug-likeness (QED) is 0.595. The van der Waals surface area contributed by atoms with Gasteiger partial charge in [0.15, 0.2) is 0 Å². The zero-order valence-corrected chi connectivity index (χ0v) is 8.48. The van der Waals surface area contributed by atoms with Gasteiger partial charge in [0.05, 0.1) is 0 Å². The lowest BCUT2D eigenvalue weighted by Gasteiger charge is -1.95. The van der Waals surface area contributed by atoms with Crippen molar-refractivity contribution in [3.8, 4) is 0 Å². The van der Waals surface area contributed by atoms with Crippen LogP contribution < -0.4 is 5.32 Å². The number of allylic oxidation sites excluding steroid dienone is 3. The molecule has 0 atom stereocenters. The molecule has 0 heterocycles. The summed E-state index contributed by atoms with van der Waals surface area (Å²) in [6.07, 6.45) is 11.4. The van der Waals surface area contributed by atoms with Crippen molar-refractivity contribution in [2.24, 2.45) is 0 Å². The second-order valence-corrected chi connectivity index (χ2v) is 3.69. The molecule has 1 saturated carbocycles. The molecule has 2 heteroatoms. The van der Waals surface area contributed by atoms with Crippen LogP contribution in [0.15, 0.2) is 23.1 Å². The Hall–Kier alpha value is -0.210. The van der Waals surface area contributed by atoms with Crippen molar-refractivity contribution < 1.29 is 0 Å². The average molecular weight is 183 g/mol. The van der Waals surface area contributed by atoms with Gasteiger partial charge in [-0.3, -0.25) is 0 Å². The topological polar surface area (TPSA) is 12.0 Å². The van der Waals surface area contributed by atoms with Crippen molar-refractivity contribution in [1.82, 2.24) is 5.32 Å². The molecule has 0 aromatic rings. The first-order valence-electron chi connectivity index (χ1n) is 4.56. The molecule has 0 spiro atoms. The van der Waals surface area contributed by atoms with Crippen LogP contribution in [0.3, 0.4) is 0 Å². The smallest absolute Gasteiger partial charge is 0.00652 e. The van der Waals surface area contributed by atoms with E-state index in [9.17, 15) is 0 Å². The van der Waals surface area contributed by atoms with Crippen LogP contribution >= 0.6 is 12.6 Å². The maximum atomic E-state index is 4.14. The van der Waals surface area contributed by atoms with Gasteiger partial charge in [0.2, 0.25) is 0 Å². The van der Waals surface area contributed by atoms with Crippen LogP contribution in [-0.4, -0.2) is 13.1 Å². The highest BCUT2D eigenvalue weighted by atomic mass is 32.1. The van der Waals surface area contributed by atoms with Crippen LogP contribution in [0.2, 0.25) is 0 Å². The van der Waals surface area contributed by atoms with Crippen molar-refractivity contribution >= 4 is 12.6 Å². The van der Waals surface area contributed by atoms with Crippen molar-refractivity contribution in [3.63, 3.8) is 0 Å². The van der Waals surface area contributed by atoms with Gasteiger partial charge in [-0.15, -0.1) is 12.6 Å². The highest BCUT2D eigenvalue weighted by Crippen LogP contribution is 2.17. The van der Waals surface area contributed by atoms with E-state index in [4.69, 9.17) is 0 Å². The van der Waals surface area contributed by atoms with Gasteiger partial charge >= 0.3 is 0 Å². The van der Waals surface area contributed by atoms with E-state index in [1.54, 1.807) is 0 Å². The molecule has 0 aromatic heterocycles. The molecular weight excluding hydrogens is 166 g/mol. The minimum atomic E-state index is 0.884. The number of nitrogens with one attached hydrogen (secondary N) is 1. The van der Waals surface area contributed by atoms with Crippen LogP contribution in [0.4, 0.5) is 0 Å². The number of hydrogen-bond donors (Lipinski definition) is 2. The molecule has 1 N–H and O–H groups in total. The number of hydrogen-bond acceptors (Lipinski definition) is 2. The molecule has 12 heavy (non-hydrogen) atoms. The van der Waals surface area contributed by atoms with Crippen LogP contribution in [0.25, 0.3) is 0 Å². The van der Waals surface area contributed by atoms with Crippen molar-refractivity contribution in [1.29, 1.82) is 0 Å². The van der Waals surface area contributed by atoms with E-state index in [-0.39, 0.29) is 0 Å². The molecule has 1 nitrogen and oxygen atoms in total. The van der Waals surface area contributed by atoms with E-state index < -0.39 is 0 Å². The molecule has 0 aliphatic heterocycles. The maximum Gasteiger partial charge on any atom is 0.00652 e. The maximum absolute atomic E-state index is 4.14. The lowest BCUT2D eigenvalue weighted by Crippen LogP contribution is -2.06. The molecule has 0 radical (unpaired) electrons. The summed E-state index contributed by atoms with van der Waals surface area (Å²) in [4.78, 5) is 1.10. The van der Waals surface area contributed by atoms with Gasteiger partial charge in [-0.05, 0) is 37.6 Å². The Balaban J connectivity index is 0.000000127. The molecule has 2 aliphatic rings. The zero-order chi connectivity index (χ0) is 8.81. The van der Waals surface area contributed by atoms with Crippen LogP contribution in [0.1, 0.15) is 25.7 Å². The predicted molar refractivity (Wildman–Crippen MR) is 57.5 cm³/mol. The van der Waals surface area contributed by atoms with E-state index in [1.807, 2.05) is 13.1 Å². The highest BCUT2D eigenvalue weighted by molar-refractivity contribution is 7.84. The lowest BCUT2D eigenvalue weighted by atomic mass is 10.2. The Morgan fingerprint density at radius 1 is 1.42 bits per heavy atom. The molecule has 0 saturated heterocycles. The van der Waals surface area contributed by atoms with E-state index in [0.717, 1.165) is 17.4 Å². The fourth-order valence-electron chi connectivity index (χ4n) is 0.972. The summed E-state index contributed by atoms with van der Waals surface area (Å²) in [7, 11) is 2.01. The summed E-state index contributed by atoms with van der Waals surface area (Å²) in [5.74, 6) is 0. The third-order valence-electron chi connectivity index (χ3n) is 1.96. The third-order valence-corrected chi connectivity index (χ3v) is 2.29. The Bertz CT molecular complexity index is 180. The van der Waals surface area contributed by atoms with E-state index >= 15 is 0 Å². The molecular formula is C10H17NS. The van der Waals surface area contributed by atoms with Gasteiger partial charge in [0.1, 0.15) is 0 Å². The Kier molecular flexibility index (Phi) is 4.48.